The molecule has 32 heavy (non-hydrogen) atoms. The number of benzene rings is 2. The van der Waals surface area contributed by atoms with Gasteiger partial charge in [0.25, 0.3) is 5.91 Å². The second-order valence-corrected chi connectivity index (χ2v) is 9.21. The van der Waals surface area contributed by atoms with E-state index in [4.69, 9.17) is 0 Å². The maximum Gasteiger partial charge on any atom is 0.250 e. The molecule has 0 bridgehead atoms. The zero-order valence-corrected chi connectivity index (χ0v) is 19.4. The summed E-state index contributed by atoms with van der Waals surface area (Å²) in [4.78, 5) is 12.4. The largest absolute Gasteiger partial charge is 0.299 e. The van der Waals surface area contributed by atoms with Gasteiger partial charge in [-0.25, -0.2) is 5.43 Å². The number of carbonyl (C=O) groups excluding carboxylic acids is 1. The normalized spacial score (nSPS) is 14.7. The lowest BCUT2D eigenvalue weighted by molar-refractivity contribution is -0.118. The summed E-state index contributed by atoms with van der Waals surface area (Å²) >= 11 is 1.42. The standard InChI is InChI=1S/C25H29N5OS/c1-18-12-14-20(15-13-18)24-28-29-25(30(24)22-10-4-3-5-11-22)32-17-23(31)27-26-16-21-9-7-6-8-19(21)2/h6-9,12-16,22H,3-5,10-11,17H2,1-2H3,(H,27,31). The third kappa shape index (κ3) is 5.46. The number of thioether (sulfide) groups is 1. The Morgan fingerprint density at radius 2 is 1.84 bits per heavy atom. The number of rotatable bonds is 7. The van der Waals surface area contributed by atoms with Gasteiger partial charge in [-0.05, 0) is 37.8 Å². The molecule has 1 fully saturated rings. The van der Waals surface area contributed by atoms with Gasteiger partial charge in [-0.15, -0.1) is 10.2 Å². The van der Waals surface area contributed by atoms with Gasteiger partial charge in [0, 0.05) is 11.6 Å². The van der Waals surface area contributed by atoms with E-state index in [1.807, 2.05) is 31.2 Å². The average molecular weight is 448 g/mol. The van der Waals surface area contributed by atoms with E-state index in [0.717, 1.165) is 40.5 Å². The Balaban J connectivity index is 1.46. The smallest absolute Gasteiger partial charge is 0.250 e. The highest BCUT2D eigenvalue weighted by molar-refractivity contribution is 7.99. The number of hydrogen-bond donors (Lipinski definition) is 1. The molecular weight excluding hydrogens is 418 g/mol. The Kier molecular flexibility index (Phi) is 7.37. The van der Waals surface area contributed by atoms with Crippen LogP contribution >= 0.6 is 11.8 Å². The highest BCUT2D eigenvalue weighted by atomic mass is 32.2. The minimum absolute atomic E-state index is 0.157. The van der Waals surface area contributed by atoms with Crippen molar-refractivity contribution in [2.75, 3.05) is 5.75 Å². The van der Waals surface area contributed by atoms with Gasteiger partial charge in [-0.2, -0.15) is 5.10 Å². The summed E-state index contributed by atoms with van der Waals surface area (Å²) in [5, 5.41) is 13.9. The molecule has 1 aliphatic rings. The van der Waals surface area contributed by atoms with Crippen molar-refractivity contribution in [2.45, 2.75) is 57.1 Å². The number of hydrazone groups is 1. The van der Waals surface area contributed by atoms with E-state index < -0.39 is 0 Å². The number of aromatic nitrogens is 3. The van der Waals surface area contributed by atoms with Crippen molar-refractivity contribution in [3.8, 4) is 11.4 Å². The van der Waals surface area contributed by atoms with Crippen LogP contribution < -0.4 is 5.43 Å². The second-order valence-electron chi connectivity index (χ2n) is 8.27. The SMILES string of the molecule is Cc1ccc(-c2nnc(SCC(=O)NN=Cc3ccccc3C)n2C2CCCCC2)cc1. The van der Waals surface area contributed by atoms with E-state index in [1.54, 1.807) is 6.21 Å². The van der Waals surface area contributed by atoms with Crippen LogP contribution in [0.25, 0.3) is 11.4 Å². The zero-order chi connectivity index (χ0) is 22.3. The van der Waals surface area contributed by atoms with Gasteiger partial charge in [0.2, 0.25) is 0 Å². The fourth-order valence-corrected chi connectivity index (χ4v) is 4.81. The molecule has 3 aromatic rings. The molecule has 2 aromatic carbocycles. The lowest BCUT2D eigenvalue weighted by atomic mass is 9.95. The quantitative estimate of drug-likeness (QED) is 0.303. The molecular formula is C25H29N5OS. The molecule has 1 heterocycles. The number of amides is 1. The highest BCUT2D eigenvalue weighted by Gasteiger charge is 2.24. The Labute approximate surface area is 193 Å². The average Bonchev–Trinajstić information content (AvgIpc) is 3.24. The van der Waals surface area contributed by atoms with E-state index in [2.05, 4.69) is 56.5 Å². The summed E-state index contributed by atoms with van der Waals surface area (Å²) in [5.41, 5.74) is 7.01. The van der Waals surface area contributed by atoms with Gasteiger partial charge in [0.05, 0.1) is 12.0 Å². The number of nitrogens with zero attached hydrogens (tertiary/aromatic N) is 4. The van der Waals surface area contributed by atoms with E-state index in [1.165, 1.54) is 36.6 Å². The van der Waals surface area contributed by atoms with Crippen molar-refractivity contribution in [3.05, 3.63) is 65.2 Å². The summed E-state index contributed by atoms with van der Waals surface area (Å²) in [6, 6.07) is 16.7. The van der Waals surface area contributed by atoms with Crippen molar-refractivity contribution < 1.29 is 4.79 Å². The maximum atomic E-state index is 12.4. The molecule has 1 N–H and O–H groups in total. The molecule has 1 aliphatic carbocycles. The van der Waals surface area contributed by atoms with Gasteiger partial charge in [0.15, 0.2) is 11.0 Å². The molecule has 0 spiro atoms. The van der Waals surface area contributed by atoms with E-state index in [-0.39, 0.29) is 11.7 Å². The third-order valence-corrected chi connectivity index (χ3v) is 6.77. The van der Waals surface area contributed by atoms with Gasteiger partial charge in [0.1, 0.15) is 0 Å². The fourth-order valence-electron chi connectivity index (χ4n) is 4.01. The van der Waals surface area contributed by atoms with Crippen molar-refractivity contribution >= 4 is 23.9 Å². The molecule has 1 aromatic heterocycles. The molecule has 0 aliphatic heterocycles. The first-order chi connectivity index (χ1) is 15.6. The predicted molar refractivity (Wildman–Crippen MR) is 130 cm³/mol. The van der Waals surface area contributed by atoms with Gasteiger partial charge in [-0.3, -0.25) is 9.36 Å². The molecule has 0 atom stereocenters. The molecule has 6 nitrogen and oxygen atoms in total. The fraction of sp³-hybridized carbons (Fsp3) is 0.360. The summed E-state index contributed by atoms with van der Waals surface area (Å²) in [6.07, 6.45) is 7.64. The summed E-state index contributed by atoms with van der Waals surface area (Å²) in [7, 11) is 0. The van der Waals surface area contributed by atoms with Crippen molar-refractivity contribution in [3.63, 3.8) is 0 Å². The highest BCUT2D eigenvalue weighted by Crippen LogP contribution is 2.35. The number of carbonyl (C=O) groups is 1. The van der Waals surface area contributed by atoms with Crippen LogP contribution in [0.4, 0.5) is 0 Å². The molecule has 0 saturated heterocycles. The minimum atomic E-state index is -0.157. The molecule has 1 amide bonds. The molecule has 0 radical (unpaired) electrons. The number of nitrogens with one attached hydrogen (secondary N) is 1. The number of aryl methyl sites for hydroxylation is 2. The lowest BCUT2D eigenvalue weighted by Crippen LogP contribution is -2.20. The van der Waals surface area contributed by atoms with Crippen LogP contribution in [0.5, 0.6) is 0 Å². The van der Waals surface area contributed by atoms with Gasteiger partial charge >= 0.3 is 0 Å². The molecule has 0 unspecified atom stereocenters. The third-order valence-electron chi connectivity index (χ3n) is 5.83. The van der Waals surface area contributed by atoms with E-state index in [9.17, 15) is 4.79 Å². The Hall–Kier alpha value is -2.93. The van der Waals surface area contributed by atoms with Crippen LogP contribution in [0.2, 0.25) is 0 Å². The first-order valence-corrected chi connectivity index (χ1v) is 12.1. The van der Waals surface area contributed by atoms with E-state index >= 15 is 0 Å². The van der Waals surface area contributed by atoms with Crippen LogP contribution in [0, 0.1) is 13.8 Å². The van der Waals surface area contributed by atoms with Crippen LogP contribution in [-0.4, -0.2) is 32.6 Å². The second kappa shape index (κ2) is 10.6. The monoisotopic (exact) mass is 447 g/mol. The van der Waals surface area contributed by atoms with Gasteiger partial charge < -0.3 is 0 Å². The van der Waals surface area contributed by atoms with Crippen LogP contribution in [0.1, 0.15) is 54.8 Å². The topological polar surface area (TPSA) is 72.2 Å². The first kappa shape index (κ1) is 22.3. The van der Waals surface area contributed by atoms with Crippen LogP contribution in [0.3, 0.4) is 0 Å². The van der Waals surface area contributed by atoms with Crippen LogP contribution in [0.15, 0.2) is 58.8 Å². The zero-order valence-electron chi connectivity index (χ0n) is 18.6. The lowest BCUT2D eigenvalue weighted by Gasteiger charge is -2.25. The summed E-state index contributed by atoms with van der Waals surface area (Å²) in [6.45, 7) is 4.10. The predicted octanol–water partition coefficient (Wildman–Crippen LogP) is 5.31. The summed E-state index contributed by atoms with van der Waals surface area (Å²) in [5.74, 6) is 0.969. The Bertz CT molecular complexity index is 1080. The van der Waals surface area contributed by atoms with Gasteiger partial charge in [-0.1, -0.05) is 85.1 Å². The molecule has 1 saturated carbocycles. The Morgan fingerprint density at radius 3 is 2.59 bits per heavy atom. The number of hydrogen-bond acceptors (Lipinski definition) is 5. The molecule has 4 rings (SSSR count). The minimum Gasteiger partial charge on any atom is -0.299 e. The maximum absolute atomic E-state index is 12.4. The van der Waals surface area contributed by atoms with Crippen molar-refractivity contribution in [1.82, 2.24) is 20.2 Å². The van der Waals surface area contributed by atoms with E-state index in [0.29, 0.717) is 6.04 Å². The van der Waals surface area contributed by atoms with Crippen molar-refractivity contribution in [1.29, 1.82) is 0 Å². The molecule has 166 valence electrons. The molecule has 7 heteroatoms. The summed E-state index contributed by atoms with van der Waals surface area (Å²) < 4.78 is 2.25. The van der Waals surface area contributed by atoms with Crippen LogP contribution in [-0.2, 0) is 4.79 Å². The Morgan fingerprint density at radius 1 is 1.09 bits per heavy atom. The van der Waals surface area contributed by atoms with Crippen molar-refractivity contribution in [2.24, 2.45) is 5.10 Å². The first-order valence-electron chi connectivity index (χ1n) is 11.1.